The van der Waals surface area contributed by atoms with Crippen LogP contribution in [-0.4, -0.2) is 57.1 Å². The van der Waals surface area contributed by atoms with Gasteiger partial charge in [0.05, 0.1) is 26.8 Å². The zero-order valence-electron chi connectivity index (χ0n) is 15.1. The molecule has 0 bridgehead atoms. The number of carbonyl (C=O) groups excluding carboxylic acids is 1. The standard InChI is InChI=1S/C19H24N2O3S/c1-20(2)18(22)12-21-8-7-13-10-15(23-3)16(24-4)11-14(13)19(21)17-6-5-9-25-17/h5-6,9-11,19H,7-8,12H2,1-4H3/t19-/m1/s1. The molecule has 134 valence electrons. The maximum atomic E-state index is 12.3. The predicted octanol–water partition coefficient (Wildman–Crippen LogP) is 2.80. The fourth-order valence-electron chi connectivity index (χ4n) is 3.26. The minimum atomic E-state index is 0.0625. The maximum absolute atomic E-state index is 12.3. The molecule has 1 amide bonds. The molecular weight excluding hydrogens is 336 g/mol. The van der Waals surface area contributed by atoms with E-state index < -0.39 is 0 Å². The van der Waals surface area contributed by atoms with Gasteiger partial charge in [0.2, 0.25) is 5.91 Å². The minimum absolute atomic E-state index is 0.0625. The number of methoxy groups -OCH3 is 2. The van der Waals surface area contributed by atoms with E-state index in [0.29, 0.717) is 6.54 Å². The molecule has 1 aliphatic heterocycles. The van der Waals surface area contributed by atoms with E-state index in [1.165, 1.54) is 16.0 Å². The second kappa shape index (κ2) is 7.45. The van der Waals surface area contributed by atoms with E-state index in [1.54, 1.807) is 44.6 Å². The molecule has 25 heavy (non-hydrogen) atoms. The smallest absolute Gasteiger partial charge is 0.236 e. The highest BCUT2D eigenvalue weighted by Gasteiger charge is 2.32. The van der Waals surface area contributed by atoms with Gasteiger partial charge in [0, 0.05) is 25.5 Å². The number of benzene rings is 1. The summed E-state index contributed by atoms with van der Waals surface area (Å²) >= 11 is 1.72. The number of likely N-dealkylation sites (N-methyl/N-ethyl adjacent to an activating group) is 1. The largest absolute Gasteiger partial charge is 0.493 e. The van der Waals surface area contributed by atoms with Gasteiger partial charge in [0.15, 0.2) is 11.5 Å². The van der Waals surface area contributed by atoms with Crippen molar-refractivity contribution < 1.29 is 14.3 Å². The fraction of sp³-hybridized carbons (Fsp3) is 0.421. The predicted molar refractivity (Wildman–Crippen MR) is 99.7 cm³/mol. The average Bonchev–Trinajstić information content (AvgIpc) is 3.14. The number of ether oxygens (including phenoxy) is 2. The van der Waals surface area contributed by atoms with Crippen LogP contribution in [0.5, 0.6) is 11.5 Å². The van der Waals surface area contributed by atoms with Crippen molar-refractivity contribution >= 4 is 17.2 Å². The Kier molecular flexibility index (Phi) is 5.30. The first-order valence-electron chi connectivity index (χ1n) is 8.27. The van der Waals surface area contributed by atoms with E-state index in [2.05, 4.69) is 34.5 Å². The van der Waals surface area contributed by atoms with Gasteiger partial charge in [-0.05, 0) is 41.1 Å². The van der Waals surface area contributed by atoms with E-state index in [0.717, 1.165) is 24.5 Å². The van der Waals surface area contributed by atoms with Crippen molar-refractivity contribution in [3.8, 4) is 11.5 Å². The number of hydrogen-bond donors (Lipinski definition) is 0. The summed E-state index contributed by atoms with van der Waals surface area (Å²) < 4.78 is 11.0. The molecule has 2 aromatic rings. The highest BCUT2D eigenvalue weighted by molar-refractivity contribution is 7.10. The number of nitrogens with zero attached hydrogens (tertiary/aromatic N) is 2. The maximum Gasteiger partial charge on any atom is 0.236 e. The Balaban J connectivity index is 2.04. The number of amides is 1. The lowest BCUT2D eigenvalue weighted by atomic mass is 9.91. The van der Waals surface area contributed by atoms with E-state index in [-0.39, 0.29) is 11.9 Å². The van der Waals surface area contributed by atoms with E-state index >= 15 is 0 Å². The Morgan fingerprint density at radius 3 is 2.60 bits per heavy atom. The zero-order valence-corrected chi connectivity index (χ0v) is 15.9. The summed E-state index contributed by atoms with van der Waals surface area (Å²) in [5.41, 5.74) is 2.45. The lowest BCUT2D eigenvalue weighted by molar-refractivity contribution is -0.130. The summed E-state index contributed by atoms with van der Waals surface area (Å²) in [6, 6.07) is 8.38. The number of thiophene rings is 1. The van der Waals surface area contributed by atoms with Gasteiger partial charge in [-0.1, -0.05) is 6.07 Å². The topological polar surface area (TPSA) is 42.0 Å². The van der Waals surface area contributed by atoms with Gasteiger partial charge in [-0.25, -0.2) is 0 Å². The van der Waals surface area contributed by atoms with Crippen molar-refractivity contribution in [1.29, 1.82) is 0 Å². The molecule has 3 rings (SSSR count). The zero-order chi connectivity index (χ0) is 18.0. The van der Waals surface area contributed by atoms with E-state index in [9.17, 15) is 4.79 Å². The van der Waals surface area contributed by atoms with Crippen molar-refractivity contribution in [2.75, 3.05) is 41.4 Å². The number of hydrogen-bond acceptors (Lipinski definition) is 5. The van der Waals surface area contributed by atoms with Gasteiger partial charge in [-0.2, -0.15) is 0 Å². The molecule has 2 heterocycles. The molecule has 0 spiro atoms. The molecule has 0 saturated carbocycles. The van der Waals surface area contributed by atoms with Crippen LogP contribution in [0.25, 0.3) is 0 Å². The second-order valence-electron chi connectivity index (χ2n) is 6.33. The van der Waals surface area contributed by atoms with Crippen molar-refractivity contribution in [3.63, 3.8) is 0 Å². The van der Waals surface area contributed by atoms with Crippen molar-refractivity contribution in [3.05, 3.63) is 45.6 Å². The van der Waals surface area contributed by atoms with E-state index in [1.807, 2.05) is 0 Å². The molecule has 0 unspecified atom stereocenters. The van der Waals surface area contributed by atoms with E-state index in [4.69, 9.17) is 9.47 Å². The molecule has 6 heteroatoms. The van der Waals surface area contributed by atoms with Crippen LogP contribution < -0.4 is 9.47 Å². The third kappa shape index (κ3) is 3.50. The van der Waals surface area contributed by atoms with Gasteiger partial charge in [-0.15, -0.1) is 11.3 Å². The minimum Gasteiger partial charge on any atom is -0.493 e. The Hall–Kier alpha value is -2.05. The van der Waals surface area contributed by atoms with Crippen LogP contribution in [0, 0.1) is 0 Å². The summed E-state index contributed by atoms with van der Waals surface area (Å²) in [6.07, 6.45) is 0.887. The van der Waals surface area contributed by atoms with Crippen molar-refractivity contribution in [2.45, 2.75) is 12.5 Å². The Labute approximate surface area is 152 Å². The average molecular weight is 360 g/mol. The first kappa shape index (κ1) is 17.8. The van der Waals surface area contributed by atoms with Crippen LogP contribution >= 0.6 is 11.3 Å². The summed E-state index contributed by atoms with van der Waals surface area (Å²) in [5.74, 6) is 1.60. The van der Waals surface area contributed by atoms with Gasteiger partial charge in [-0.3, -0.25) is 9.69 Å². The summed E-state index contributed by atoms with van der Waals surface area (Å²) in [6.45, 7) is 1.24. The van der Waals surface area contributed by atoms with Gasteiger partial charge < -0.3 is 14.4 Å². The molecule has 0 aliphatic carbocycles. The van der Waals surface area contributed by atoms with Gasteiger partial charge in [0.1, 0.15) is 0 Å². The molecule has 0 saturated heterocycles. The number of carbonyl (C=O) groups is 1. The molecule has 1 atom stereocenters. The molecular formula is C19H24N2O3S. The fourth-order valence-corrected chi connectivity index (χ4v) is 4.14. The highest BCUT2D eigenvalue weighted by Crippen LogP contribution is 2.42. The molecule has 1 aromatic carbocycles. The lowest BCUT2D eigenvalue weighted by Gasteiger charge is -2.37. The molecule has 0 N–H and O–H groups in total. The number of fused-ring (bicyclic) bond motifs is 1. The summed E-state index contributed by atoms with van der Waals surface area (Å²) in [7, 11) is 6.91. The molecule has 1 aliphatic rings. The third-order valence-corrected chi connectivity index (χ3v) is 5.55. The first-order valence-corrected chi connectivity index (χ1v) is 9.15. The molecule has 5 nitrogen and oxygen atoms in total. The molecule has 0 radical (unpaired) electrons. The van der Waals surface area contributed by atoms with Crippen LogP contribution in [0.1, 0.15) is 22.0 Å². The summed E-state index contributed by atoms with van der Waals surface area (Å²) in [5, 5.41) is 2.08. The monoisotopic (exact) mass is 360 g/mol. The lowest BCUT2D eigenvalue weighted by Crippen LogP contribution is -2.42. The Morgan fingerprint density at radius 2 is 2.00 bits per heavy atom. The Morgan fingerprint density at radius 1 is 1.28 bits per heavy atom. The molecule has 0 fully saturated rings. The quantitative estimate of drug-likeness (QED) is 0.822. The third-order valence-electron chi connectivity index (χ3n) is 4.62. The van der Waals surface area contributed by atoms with Crippen molar-refractivity contribution in [2.24, 2.45) is 0 Å². The Bertz CT molecular complexity index is 743. The highest BCUT2D eigenvalue weighted by atomic mass is 32.1. The van der Waals surface area contributed by atoms with Gasteiger partial charge in [0.25, 0.3) is 0 Å². The van der Waals surface area contributed by atoms with Crippen LogP contribution in [0.3, 0.4) is 0 Å². The molecule has 1 aromatic heterocycles. The van der Waals surface area contributed by atoms with Crippen LogP contribution in [-0.2, 0) is 11.2 Å². The number of rotatable bonds is 5. The van der Waals surface area contributed by atoms with Crippen LogP contribution in [0.2, 0.25) is 0 Å². The summed E-state index contributed by atoms with van der Waals surface area (Å²) in [4.78, 5) is 17.4. The SMILES string of the molecule is COc1cc2c(cc1OC)[C@H](c1cccs1)N(CC(=O)N(C)C)CC2. The first-order chi connectivity index (χ1) is 12.0. The second-order valence-corrected chi connectivity index (χ2v) is 7.31. The van der Waals surface area contributed by atoms with Crippen LogP contribution in [0.4, 0.5) is 0 Å². The normalized spacial score (nSPS) is 17.0. The van der Waals surface area contributed by atoms with Crippen molar-refractivity contribution in [1.82, 2.24) is 9.80 Å². The van der Waals surface area contributed by atoms with Crippen LogP contribution in [0.15, 0.2) is 29.6 Å². The van der Waals surface area contributed by atoms with Gasteiger partial charge >= 0.3 is 0 Å².